The number of carbonyl (C=O) groups is 2. The van der Waals surface area contributed by atoms with E-state index in [4.69, 9.17) is 14.8 Å². The number of amides is 1. The van der Waals surface area contributed by atoms with Crippen LogP contribution in [-0.2, 0) is 4.79 Å². The number of carboxylic acid groups (broad SMARTS) is 1. The number of aromatic nitrogens is 2. The molecule has 1 N–H and O–H groups in total. The fourth-order valence-corrected chi connectivity index (χ4v) is 5.48. The molecule has 0 spiro atoms. The third-order valence-corrected chi connectivity index (χ3v) is 7.52. The van der Waals surface area contributed by atoms with Gasteiger partial charge in [0.25, 0.3) is 5.91 Å². The van der Waals surface area contributed by atoms with Crippen LogP contribution in [0.15, 0.2) is 125 Å². The van der Waals surface area contributed by atoms with Crippen molar-refractivity contribution in [1.82, 2.24) is 9.78 Å². The van der Waals surface area contributed by atoms with Crippen LogP contribution in [0.3, 0.4) is 0 Å². The largest absolute Gasteiger partial charge is 0.497 e. The monoisotopic (exact) mass is 572 g/mol. The maximum absolute atomic E-state index is 13.9. The number of rotatable bonds is 7. The quantitative estimate of drug-likeness (QED) is 0.210. The SMILES string of the molecule is COc1ccc(-c2nn(-c3ccccc3)cc2/C=C2\SC(=Nc3cccc(C(=O)O)c3)N(c3ccccc3)C2=O)cc1. The molecule has 9 heteroatoms. The first-order valence-corrected chi connectivity index (χ1v) is 13.8. The molecule has 4 aromatic carbocycles. The van der Waals surface area contributed by atoms with E-state index in [0.717, 1.165) is 22.6 Å². The van der Waals surface area contributed by atoms with Gasteiger partial charge < -0.3 is 9.84 Å². The van der Waals surface area contributed by atoms with E-state index in [-0.39, 0.29) is 11.5 Å². The molecule has 0 unspecified atom stereocenters. The maximum Gasteiger partial charge on any atom is 0.335 e. The van der Waals surface area contributed by atoms with Crippen molar-refractivity contribution in [3.8, 4) is 22.7 Å². The standard InChI is InChI=1S/C33H24N4O4S/c1-41-28-17-15-22(16-18-28)30-24(21-36(35-30)26-11-4-2-5-12-26)20-29-31(38)37(27-13-6-3-7-14-27)33(42-29)34-25-10-8-9-23(19-25)32(39)40/h2-21H,1H3,(H,39,40)/b29-20-,34-33?. The highest BCUT2D eigenvalue weighted by atomic mass is 32.2. The zero-order chi connectivity index (χ0) is 29.1. The second-order valence-electron chi connectivity index (χ2n) is 9.28. The van der Waals surface area contributed by atoms with E-state index in [0.29, 0.717) is 27.1 Å². The third-order valence-electron chi connectivity index (χ3n) is 6.55. The zero-order valence-corrected chi connectivity index (χ0v) is 23.2. The molecule has 0 radical (unpaired) electrons. The number of methoxy groups -OCH3 is 1. The number of anilines is 1. The smallest absolute Gasteiger partial charge is 0.335 e. The van der Waals surface area contributed by atoms with E-state index >= 15 is 0 Å². The number of aromatic carboxylic acids is 1. The van der Waals surface area contributed by atoms with Gasteiger partial charge in [-0.15, -0.1) is 0 Å². The van der Waals surface area contributed by atoms with Crippen molar-refractivity contribution in [1.29, 1.82) is 0 Å². The molecule has 1 fully saturated rings. The first-order valence-electron chi connectivity index (χ1n) is 13.0. The van der Waals surface area contributed by atoms with Crippen molar-refractivity contribution in [3.63, 3.8) is 0 Å². The summed E-state index contributed by atoms with van der Waals surface area (Å²) in [6.45, 7) is 0. The lowest BCUT2D eigenvalue weighted by Gasteiger charge is -2.15. The summed E-state index contributed by atoms with van der Waals surface area (Å²) >= 11 is 1.22. The number of hydrogen-bond acceptors (Lipinski definition) is 6. The highest BCUT2D eigenvalue weighted by Gasteiger charge is 2.35. The second kappa shape index (κ2) is 11.6. The lowest BCUT2D eigenvalue weighted by molar-refractivity contribution is -0.113. The van der Waals surface area contributed by atoms with Gasteiger partial charge >= 0.3 is 5.97 Å². The Labute approximate surface area is 246 Å². The van der Waals surface area contributed by atoms with Gasteiger partial charge in [0.2, 0.25) is 0 Å². The first-order chi connectivity index (χ1) is 20.5. The van der Waals surface area contributed by atoms with Gasteiger partial charge in [-0.25, -0.2) is 14.5 Å². The first kappa shape index (κ1) is 26.8. The summed E-state index contributed by atoms with van der Waals surface area (Å²) in [6.07, 6.45) is 3.72. The molecular weight excluding hydrogens is 548 g/mol. The van der Waals surface area contributed by atoms with Crippen molar-refractivity contribution < 1.29 is 19.4 Å². The van der Waals surface area contributed by atoms with Gasteiger partial charge in [-0.3, -0.25) is 9.69 Å². The van der Waals surface area contributed by atoms with Crippen LogP contribution in [-0.4, -0.2) is 39.0 Å². The van der Waals surface area contributed by atoms with E-state index < -0.39 is 5.97 Å². The van der Waals surface area contributed by atoms with Crippen LogP contribution in [0.5, 0.6) is 5.75 Å². The van der Waals surface area contributed by atoms with Crippen molar-refractivity contribution in [2.45, 2.75) is 0 Å². The van der Waals surface area contributed by atoms with Gasteiger partial charge in [0, 0.05) is 17.3 Å². The molecule has 1 aromatic heterocycles. The summed E-state index contributed by atoms with van der Waals surface area (Å²) in [5, 5.41) is 14.7. The fraction of sp³-hybridized carbons (Fsp3) is 0.0303. The van der Waals surface area contributed by atoms with Gasteiger partial charge in [-0.05, 0) is 84.6 Å². The molecule has 0 aliphatic carbocycles. The number of para-hydroxylation sites is 2. The summed E-state index contributed by atoms with van der Waals surface area (Å²) in [5.74, 6) is -0.560. The summed E-state index contributed by atoms with van der Waals surface area (Å²) in [5.41, 5.74) is 4.41. The number of ether oxygens (including phenoxy) is 1. The number of thioether (sulfide) groups is 1. The van der Waals surface area contributed by atoms with Gasteiger partial charge in [0.15, 0.2) is 5.17 Å². The predicted octanol–water partition coefficient (Wildman–Crippen LogP) is 7.05. The molecular formula is C33H24N4O4S. The molecule has 5 aromatic rings. The summed E-state index contributed by atoms with van der Waals surface area (Å²) < 4.78 is 7.12. The van der Waals surface area contributed by atoms with Crippen LogP contribution in [0.25, 0.3) is 23.0 Å². The molecule has 1 amide bonds. The number of carboxylic acids is 1. The van der Waals surface area contributed by atoms with Gasteiger partial charge in [-0.1, -0.05) is 42.5 Å². The predicted molar refractivity (Wildman–Crippen MR) is 166 cm³/mol. The molecule has 2 heterocycles. The molecule has 42 heavy (non-hydrogen) atoms. The summed E-state index contributed by atoms with van der Waals surface area (Å²) in [4.78, 5) is 32.1. The topological polar surface area (TPSA) is 97.0 Å². The van der Waals surface area contributed by atoms with Crippen molar-refractivity contribution >= 4 is 46.3 Å². The van der Waals surface area contributed by atoms with Crippen LogP contribution in [0.4, 0.5) is 11.4 Å². The van der Waals surface area contributed by atoms with Gasteiger partial charge in [-0.2, -0.15) is 5.10 Å². The Balaban J connectivity index is 1.46. The molecule has 0 atom stereocenters. The lowest BCUT2D eigenvalue weighted by atomic mass is 10.1. The zero-order valence-electron chi connectivity index (χ0n) is 22.4. The Hall–Kier alpha value is -5.41. The minimum Gasteiger partial charge on any atom is -0.497 e. The van der Waals surface area contributed by atoms with Crippen molar-refractivity contribution in [2.75, 3.05) is 12.0 Å². The lowest BCUT2D eigenvalue weighted by Crippen LogP contribution is -2.28. The van der Waals surface area contributed by atoms with Gasteiger partial charge in [0.05, 0.1) is 40.3 Å². The average Bonchev–Trinajstić information content (AvgIpc) is 3.58. The molecule has 0 bridgehead atoms. The summed E-state index contributed by atoms with van der Waals surface area (Å²) in [6, 6.07) is 32.9. The minimum absolute atomic E-state index is 0.116. The number of amidine groups is 1. The Morgan fingerprint density at radius 2 is 1.60 bits per heavy atom. The number of nitrogens with zero attached hydrogens (tertiary/aromatic N) is 4. The minimum atomic E-state index is -1.05. The van der Waals surface area contributed by atoms with E-state index in [2.05, 4.69) is 0 Å². The second-order valence-corrected chi connectivity index (χ2v) is 10.3. The average molecular weight is 573 g/mol. The van der Waals surface area contributed by atoms with Crippen LogP contribution < -0.4 is 9.64 Å². The van der Waals surface area contributed by atoms with Crippen LogP contribution in [0, 0.1) is 0 Å². The molecule has 1 saturated heterocycles. The van der Waals surface area contributed by atoms with Gasteiger partial charge in [0.1, 0.15) is 5.75 Å². The van der Waals surface area contributed by atoms with Crippen LogP contribution in [0.2, 0.25) is 0 Å². The highest BCUT2D eigenvalue weighted by Crippen LogP contribution is 2.38. The van der Waals surface area contributed by atoms with E-state index in [1.165, 1.54) is 23.9 Å². The normalized spacial score (nSPS) is 15.0. The Kier molecular flexibility index (Phi) is 7.40. The maximum atomic E-state index is 13.9. The molecule has 0 saturated carbocycles. The van der Waals surface area contributed by atoms with E-state index in [1.54, 1.807) is 28.8 Å². The Morgan fingerprint density at radius 1 is 0.905 bits per heavy atom. The van der Waals surface area contributed by atoms with Crippen molar-refractivity contribution in [2.24, 2.45) is 4.99 Å². The number of carbonyl (C=O) groups excluding carboxylic acids is 1. The number of hydrogen-bond donors (Lipinski definition) is 1. The van der Waals surface area contributed by atoms with E-state index in [9.17, 15) is 14.7 Å². The van der Waals surface area contributed by atoms with Crippen molar-refractivity contribution in [3.05, 3.63) is 131 Å². The number of benzene rings is 4. The Morgan fingerprint density at radius 3 is 2.26 bits per heavy atom. The Bertz CT molecular complexity index is 1830. The molecule has 8 nitrogen and oxygen atoms in total. The highest BCUT2D eigenvalue weighted by molar-refractivity contribution is 8.19. The molecule has 1 aliphatic rings. The number of aliphatic imine (C=N–C) groups is 1. The van der Waals surface area contributed by atoms with Crippen LogP contribution in [0.1, 0.15) is 15.9 Å². The van der Waals surface area contributed by atoms with Crippen LogP contribution >= 0.6 is 11.8 Å². The molecule has 6 rings (SSSR count). The molecule has 206 valence electrons. The molecule has 1 aliphatic heterocycles. The van der Waals surface area contributed by atoms with E-state index in [1.807, 2.05) is 97.2 Å². The fourth-order valence-electron chi connectivity index (χ4n) is 4.49. The summed E-state index contributed by atoms with van der Waals surface area (Å²) in [7, 11) is 1.62. The third kappa shape index (κ3) is 5.45.